The molecule has 2 aromatic carbocycles. The molecule has 3 heterocycles. The van der Waals surface area contributed by atoms with E-state index >= 15 is 0 Å². The summed E-state index contributed by atoms with van der Waals surface area (Å²) < 4.78 is 2.84. The van der Waals surface area contributed by atoms with Crippen LogP contribution in [0, 0.1) is 0 Å². The molecule has 3 aromatic heterocycles. The number of nitrogens with one attached hydrogen (secondary N) is 1. The SMILES string of the molecule is C[C@H](Nc1nccc2ccsc12)c1cc2cccc(Cl)c2c(=O)n1-c1ccccc1. The molecular weight excluding hydrogens is 414 g/mol. The molecule has 30 heavy (non-hydrogen) atoms. The second-order valence-electron chi connectivity index (χ2n) is 7.11. The Morgan fingerprint density at radius 1 is 1.03 bits per heavy atom. The van der Waals surface area contributed by atoms with E-state index in [0.29, 0.717) is 10.4 Å². The standard InChI is InChI=1S/C24H18ClN3OS/c1-15(27-23-22-16(10-12-26-23)11-13-30-22)20-14-17-6-5-9-19(25)21(17)24(29)28(20)18-7-3-2-4-8-18/h2-15H,1H3,(H,26,27)/t15-/m0/s1. The summed E-state index contributed by atoms with van der Waals surface area (Å²) >= 11 is 8.05. The molecule has 1 N–H and O–H groups in total. The van der Waals surface area contributed by atoms with Crippen LogP contribution in [0.3, 0.4) is 0 Å². The Morgan fingerprint density at radius 2 is 1.87 bits per heavy atom. The summed E-state index contributed by atoms with van der Waals surface area (Å²) in [6.07, 6.45) is 1.80. The van der Waals surface area contributed by atoms with Crippen LogP contribution in [0.1, 0.15) is 18.7 Å². The van der Waals surface area contributed by atoms with Crippen LogP contribution in [0.2, 0.25) is 5.02 Å². The number of rotatable bonds is 4. The van der Waals surface area contributed by atoms with Crippen molar-refractivity contribution >= 4 is 49.6 Å². The minimum atomic E-state index is -0.165. The number of nitrogens with zero attached hydrogens (tertiary/aromatic N) is 2. The lowest BCUT2D eigenvalue weighted by Gasteiger charge is -2.22. The van der Waals surface area contributed by atoms with Crippen LogP contribution in [0.5, 0.6) is 0 Å². The van der Waals surface area contributed by atoms with E-state index in [4.69, 9.17) is 11.6 Å². The minimum Gasteiger partial charge on any atom is -0.361 e. The smallest absolute Gasteiger partial charge is 0.264 e. The third-order valence-corrected chi connectivity index (χ3v) is 6.46. The van der Waals surface area contributed by atoms with Gasteiger partial charge in [0.05, 0.1) is 21.2 Å². The monoisotopic (exact) mass is 431 g/mol. The molecule has 0 aliphatic rings. The van der Waals surface area contributed by atoms with Gasteiger partial charge in [0.15, 0.2) is 0 Å². The topological polar surface area (TPSA) is 46.9 Å². The van der Waals surface area contributed by atoms with E-state index in [-0.39, 0.29) is 11.6 Å². The van der Waals surface area contributed by atoms with Crippen LogP contribution in [0.15, 0.2) is 83.1 Å². The summed E-state index contributed by atoms with van der Waals surface area (Å²) in [6.45, 7) is 2.04. The summed E-state index contributed by atoms with van der Waals surface area (Å²) in [6, 6.07) is 21.1. The van der Waals surface area contributed by atoms with Crippen molar-refractivity contribution in [2.24, 2.45) is 0 Å². The van der Waals surface area contributed by atoms with E-state index < -0.39 is 0 Å². The van der Waals surface area contributed by atoms with Gasteiger partial charge in [0.25, 0.3) is 5.56 Å². The fraction of sp³-hybridized carbons (Fsp3) is 0.0833. The Kier molecular flexibility index (Phi) is 4.77. The molecule has 0 amide bonds. The molecule has 0 aliphatic carbocycles. The summed E-state index contributed by atoms with van der Waals surface area (Å²) in [5.41, 5.74) is 1.52. The van der Waals surface area contributed by atoms with Gasteiger partial charge >= 0.3 is 0 Å². The second kappa shape index (κ2) is 7.59. The van der Waals surface area contributed by atoms with Crippen molar-refractivity contribution in [2.45, 2.75) is 13.0 Å². The van der Waals surface area contributed by atoms with Crippen LogP contribution >= 0.6 is 22.9 Å². The Bertz CT molecular complexity index is 1430. The van der Waals surface area contributed by atoms with Crippen LogP contribution in [0.4, 0.5) is 5.82 Å². The Hall–Kier alpha value is -3.15. The lowest BCUT2D eigenvalue weighted by molar-refractivity contribution is 0.775. The first-order valence-electron chi connectivity index (χ1n) is 9.62. The number of fused-ring (bicyclic) bond motifs is 2. The predicted molar refractivity (Wildman–Crippen MR) is 126 cm³/mol. The molecule has 5 rings (SSSR count). The quantitative estimate of drug-likeness (QED) is 0.356. The van der Waals surface area contributed by atoms with Gasteiger partial charge in [0, 0.05) is 17.6 Å². The zero-order valence-corrected chi connectivity index (χ0v) is 17.7. The summed E-state index contributed by atoms with van der Waals surface area (Å²) in [5.74, 6) is 0.813. The maximum Gasteiger partial charge on any atom is 0.264 e. The maximum absolute atomic E-state index is 13.5. The largest absolute Gasteiger partial charge is 0.361 e. The van der Waals surface area contributed by atoms with Crippen LogP contribution in [0.25, 0.3) is 26.5 Å². The zero-order chi connectivity index (χ0) is 20.7. The number of pyridine rings is 2. The molecule has 148 valence electrons. The normalized spacial score (nSPS) is 12.3. The first-order valence-corrected chi connectivity index (χ1v) is 10.9. The van der Waals surface area contributed by atoms with Crippen LogP contribution in [-0.2, 0) is 0 Å². The van der Waals surface area contributed by atoms with Crippen molar-refractivity contribution in [2.75, 3.05) is 5.32 Å². The van der Waals surface area contributed by atoms with E-state index in [1.54, 1.807) is 28.2 Å². The van der Waals surface area contributed by atoms with Gasteiger partial charge in [-0.05, 0) is 59.5 Å². The first-order chi connectivity index (χ1) is 14.6. The molecule has 0 spiro atoms. The molecule has 0 radical (unpaired) electrons. The Balaban J connectivity index is 1.71. The number of anilines is 1. The average Bonchev–Trinajstić information content (AvgIpc) is 3.24. The highest BCUT2D eigenvalue weighted by Gasteiger charge is 2.18. The number of halogens is 1. The molecular formula is C24H18ClN3OS. The third-order valence-electron chi connectivity index (χ3n) is 5.20. The van der Waals surface area contributed by atoms with Gasteiger partial charge in [-0.3, -0.25) is 9.36 Å². The van der Waals surface area contributed by atoms with E-state index in [0.717, 1.165) is 32.7 Å². The summed E-state index contributed by atoms with van der Waals surface area (Å²) in [4.78, 5) is 18.1. The van der Waals surface area contributed by atoms with Crippen molar-refractivity contribution < 1.29 is 0 Å². The number of para-hydroxylation sites is 1. The molecule has 6 heteroatoms. The van der Waals surface area contributed by atoms with E-state index in [1.165, 1.54) is 0 Å². The Labute approximate surface area is 182 Å². The first kappa shape index (κ1) is 18.9. The number of thiophene rings is 1. The zero-order valence-electron chi connectivity index (χ0n) is 16.2. The van der Waals surface area contributed by atoms with Crippen molar-refractivity contribution in [1.29, 1.82) is 0 Å². The number of hydrogen-bond acceptors (Lipinski definition) is 4. The van der Waals surface area contributed by atoms with Crippen molar-refractivity contribution in [1.82, 2.24) is 9.55 Å². The van der Waals surface area contributed by atoms with Gasteiger partial charge < -0.3 is 5.32 Å². The molecule has 4 nitrogen and oxygen atoms in total. The van der Waals surface area contributed by atoms with Gasteiger partial charge in [0.2, 0.25) is 0 Å². The minimum absolute atomic E-state index is 0.129. The third kappa shape index (κ3) is 3.16. The Morgan fingerprint density at radius 3 is 2.70 bits per heavy atom. The van der Waals surface area contributed by atoms with Gasteiger partial charge in [0.1, 0.15) is 5.82 Å². The van der Waals surface area contributed by atoms with Crippen LogP contribution in [-0.4, -0.2) is 9.55 Å². The fourth-order valence-corrected chi connectivity index (χ4v) is 4.89. The van der Waals surface area contributed by atoms with E-state index in [2.05, 4.69) is 21.7 Å². The van der Waals surface area contributed by atoms with Gasteiger partial charge in [-0.25, -0.2) is 4.98 Å². The summed E-state index contributed by atoms with van der Waals surface area (Å²) in [7, 11) is 0. The van der Waals surface area contributed by atoms with Crippen molar-refractivity contribution in [3.05, 3.63) is 99.4 Å². The van der Waals surface area contributed by atoms with E-state index in [1.807, 2.05) is 61.5 Å². The molecule has 0 bridgehead atoms. The second-order valence-corrected chi connectivity index (χ2v) is 8.44. The lowest BCUT2D eigenvalue weighted by Crippen LogP contribution is -2.25. The fourth-order valence-electron chi connectivity index (χ4n) is 3.78. The summed E-state index contributed by atoms with van der Waals surface area (Å²) in [5, 5.41) is 8.52. The number of benzene rings is 2. The average molecular weight is 432 g/mol. The molecule has 0 unspecified atom stereocenters. The highest BCUT2D eigenvalue weighted by atomic mass is 35.5. The molecule has 1 atom stereocenters. The molecule has 0 fully saturated rings. The molecule has 0 saturated heterocycles. The molecule has 5 aromatic rings. The van der Waals surface area contributed by atoms with Crippen LogP contribution < -0.4 is 10.9 Å². The predicted octanol–water partition coefficient (Wildman–Crippen LogP) is 6.43. The van der Waals surface area contributed by atoms with Gasteiger partial charge in [-0.2, -0.15) is 0 Å². The van der Waals surface area contributed by atoms with Gasteiger partial charge in [-0.15, -0.1) is 11.3 Å². The van der Waals surface area contributed by atoms with Crippen molar-refractivity contribution in [3.63, 3.8) is 0 Å². The highest BCUT2D eigenvalue weighted by Crippen LogP contribution is 2.31. The maximum atomic E-state index is 13.5. The van der Waals surface area contributed by atoms with Gasteiger partial charge in [-0.1, -0.05) is 41.9 Å². The highest BCUT2D eigenvalue weighted by molar-refractivity contribution is 7.17. The lowest BCUT2D eigenvalue weighted by atomic mass is 10.1. The van der Waals surface area contributed by atoms with Crippen molar-refractivity contribution in [3.8, 4) is 5.69 Å². The molecule has 0 saturated carbocycles. The molecule has 0 aliphatic heterocycles. The number of hydrogen-bond donors (Lipinski definition) is 1. The number of aromatic nitrogens is 2. The van der Waals surface area contributed by atoms with E-state index in [9.17, 15) is 4.79 Å².